The van der Waals surface area contributed by atoms with Crippen molar-refractivity contribution in [2.75, 3.05) is 0 Å². The zero-order chi connectivity index (χ0) is 21.3. The Morgan fingerprint density at radius 2 is 1.90 bits per heavy atom. The summed E-state index contributed by atoms with van der Waals surface area (Å²) in [7, 11) is 0. The topological polar surface area (TPSA) is 63.2 Å². The number of aromatic nitrogens is 1. The third kappa shape index (κ3) is 4.88. The molecule has 164 valence electrons. The van der Waals surface area contributed by atoms with Gasteiger partial charge in [0.15, 0.2) is 0 Å². The van der Waals surface area contributed by atoms with Crippen LogP contribution in [0.25, 0.3) is 10.2 Å². The maximum atomic E-state index is 13.7. The van der Waals surface area contributed by atoms with Crippen LogP contribution in [0.1, 0.15) is 45.4 Å². The Bertz CT molecular complexity index is 880. The van der Waals surface area contributed by atoms with Gasteiger partial charge in [0.1, 0.15) is 23.2 Å². The molecule has 0 aliphatic heterocycles. The number of alkyl halides is 2. The maximum absolute atomic E-state index is 13.7. The summed E-state index contributed by atoms with van der Waals surface area (Å²) in [5, 5.41) is 6.07. The Labute approximate surface area is 177 Å². The van der Waals surface area contributed by atoms with Gasteiger partial charge in [-0.15, -0.1) is 11.3 Å². The van der Waals surface area contributed by atoms with Gasteiger partial charge in [-0.3, -0.25) is 4.79 Å². The fourth-order valence-corrected chi connectivity index (χ4v) is 4.93. The van der Waals surface area contributed by atoms with E-state index in [1.807, 2.05) is 0 Å². The Hall–Kier alpha value is -1.87. The van der Waals surface area contributed by atoms with Gasteiger partial charge in [-0.25, -0.2) is 18.2 Å². The first-order valence-electron chi connectivity index (χ1n) is 10.4. The van der Waals surface area contributed by atoms with Gasteiger partial charge in [-0.1, -0.05) is 0 Å². The number of rotatable bonds is 7. The van der Waals surface area contributed by atoms with Gasteiger partial charge in [-0.05, 0) is 51.5 Å². The van der Waals surface area contributed by atoms with E-state index in [0.717, 1.165) is 30.4 Å². The standard InChI is InChI=1S/C21H26F3N3O2S/c1-11(20(23)24)26-14-2-4-15(5-3-14)27-21(28)12-6-16(7-12)29-17-8-13(22)9-18-19(17)25-10-30-18/h8-12,14-16,20,26H,2-7H2,1H3,(H,27,28). The van der Waals surface area contributed by atoms with Crippen LogP contribution in [0.2, 0.25) is 0 Å². The van der Waals surface area contributed by atoms with Crippen LogP contribution in [-0.2, 0) is 4.79 Å². The molecule has 1 unspecified atom stereocenters. The summed E-state index contributed by atoms with van der Waals surface area (Å²) in [5.41, 5.74) is 2.31. The quantitative estimate of drug-likeness (QED) is 0.674. The molecule has 2 aliphatic rings. The number of halogens is 3. The molecule has 2 aromatic rings. The summed E-state index contributed by atoms with van der Waals surface area (Å²) in [6.07, 6.45) is 1.84. The summed E-state index contributed by atoms with van der Waals surface area (Å²) in [6.45, 7) is 1.50. The third-order valence-electron chi connectivity index (χ3n) is 6.08. The number of ether oxygens (including phenoxy) is 1. The van der Waals surface area contributed by atoms with Crippen LogP contribution in [0.3, 0.4) is 0 Å². The van der Waals surface area contributed by atoms with Gasteiger partial charge in [0.05, 0.1) is 16.3 Å². The van der Waals surface area contributed by atoms with E-state index in [-0.39, 0.29) is 35.8 Å². The minimum absolute atomic E-state index is 0.0188. The number of hydrogen-bond donors (Lipinski definition) is 2. The van der Waals surface area contributed by atoms with E-state index in [9.17, 15) is 18.0 Å². The van der Waals surface area contributed by atoms with E-state index in [1.54, 1.807) is 5.51 Å². The molecule has 1 amide bonds. The number of nitrogens with zero attached hydrogens (tertiary/aromatic N) is 1. The van der Waals surface area contributed by atoms with Gasteiger partial charge in [-0.2, -0.15) is 0 Å². The van der Waals surface area contributed by atoms with Crippen molar-refractivity contribution < 1.29 is 22.7 Å². The second-order valence-corrected chi connectivity index (χ2v) is 9.24. The van der Waals surface area contributed by atoms with Crippen molar-refractivity contribution in [3.8, 4) is 5.75 Å². The Balaban J connectivity index is 1.20. The highest BCUT2D eigenvalue weighted by molar-refractivity contribution is 7.16. The van der Waals surface area contributed by atoms with E-state index < -0.39 is 12.5 Å². The molecule has 2 aliphatic carbocycles. The highest BCUT2D eigenvalue weighted by atomic mass is 32.1. The normalized spacial score (nSPS) is 27.6. The van der Waals surface area contributed by atoms with Gasteiger partial charge < -0.3 is 15.4 Å². The monoisotopic (exact) mass is 441 g/mol. The summed E-state index contributed by atoms with van der Waals surface area (Å²) in [6, 6.07) is 2.15. The highest BCUT2D eigenvalue weighted by Gasteiger charge is 2.37. The molecule has 2 N–H and O–H groups in total. The fraction of sp³-hybridized carbons (Fsp3) is 0.619. The molecule has 2 fully saturated rings. The molecule has 4 rings (SSSR count). The van der Waals surface area contributed by atoms with Crippen LogP contribution in [0.5, 0.6) is 5.75 Å². The smallest absolute Gasteiger partial charge is 0.253 e. The number of carbonyl (C=O) groups excluding carboxylic acids is 1. The van der Waals surface area contributed by atoms with Crippen molar-refractivity contribution >= 4 is 27.5 Å². The first kappa shape index (κ1) is 21.4. The lowest BCUT2D eigenvalue weighted by atomic mass is 9.81. The molecule has 0 saturated heterocycles. The zero-order valence-electron chi connectivity index (χ0n) is 16.7. The predicted octanol–water partition coefficient (Wildman–Crippen LogP) is 4.26. The van der Waals surface area contributed by atoms with Crippen molar-refractivity contribution in [2.24, 2.45) is 5.92 Å². The summed E-state index contributed by atoms with van der Waals surface area (Å²) >= 11 is 1.36. The molecule has 30 heavy (non-hydrogen) atoms. The molecule has 1 atom stereocenters. The Morgan fingerprint density at radius 1 is 1.20 bits per heavy atom. The number of thiazole rings is 1. The number of hydrogen-bond acceptors (Lipinski definition) is 5. The minimum Gasteiger partial charge on any atom is -0.488 e. The molecule has 1 aromatic carbocycles. The fourth-order valence-electron chi connectivity index (χ4n) is 4.22. The van der Waals surface area contributed by atoms with Crippen molar-refractivity contribution in [3.05, 3.63) is 23.5 Å². The van der Waals surface area contributed by atoms with Crippen molar-refractivity contribution in [3.63, 3.8) is 0 Å². The first-order valence-corrected chi connectivity index (χ1v) is 11.3. The largest absolute Gasteiger partial charge is 0.488 e. The second-order valence-electron chi connectivity index (χ2n) is 8.36. The number of nitrogens with one attached hydrogen (secondary N) is 2. The van der Waals surface area contributed by atoms with Crippen LogP contribution in [-0.4, -0.2) is 41.5 Å². The summed E-state index contributed by atoms with van der Waals surface area (Å²) < 4.78 is 45.7. The van der Waals surface area contributed by atoms with Crippen LogP contribution in [0.4, 0.5) is 13.2 Å². The average Bonchev–Trinajstić information content (AvgIpc) is 3.14. The number of amides is 1. The van der Waals surface area contributed by atoms with Crippen molar-refractivity contribution in [2.45, 2.75) is 76.1 Å². The van der Waals surface area contributed by atoms with E-state index in [2.05, 4.69) is 15.6 Å². The van der Waals surface area contributed by atoms with Gasteiger partial charge >= 0.3 is 0 Å². The van der Waals surface area contributed by atoms with Gasteiger partial charge in [0, 0.05) is 24.1 Å². The van der Waals surface area contributed by atoms with Crippen LogP contribution < -0.4 is 15.4 Å². The molecular formula is C21H26F3N3O2S. The minimum atomic E-state index is -2.37. The van der Waals surface area contributed by atoms with Crippen LogP contribution in [0, 0.1) is 11.7 Å². The molecule has 5 nitrogen and oxygen atoms in total. The average molecular weight is 442 g/mol. The Morgan fingerprint density at radius 3 is 2.60 bits per heavy atom. The van der Waals surface area contributed by atoms with E-state index >= 15 is 0 Å². The SMILES string of the molecule is CC(NC1CCC(NC(=O)C2CC(Oc3cc(F)cc4scnc34)C2)CC1)C(F)F. The Kier molecular flexibility index (Phi) is 6.48. The maximum Gasteiger partial charge on any atom is 0.253 e. The zero-order valence-corrected chi connectivity index (χ0v) is 17.6. The number of carbonyl (C=O) groups is 1. The lowest BCUT2D eigenvalue weighted by Crippen LogP contribution is -2.49. The van der Waals surface area contributed by atoms with E-state index in [1.165, 1.54) is 30.4 Å². The molecule has 0 radical (unpaired) electrons. The molecule has 1 heterocycles. The van der Waals surface area contributed by atoms with Crippen molar-refractivity contribution in [1.82, 2.24) is 15.6 Å². The predicted molar refractivity (Wildman–Crippen MR) is 110 cm³/mol. The van der Waals surface area contributed by atoms with Gasteiger partial charge in [0.2, 0.25) is 5.91 Å². The van der Waals surface area contributed by atoms with Crippen molar-refractivity contribution in [1.29, 1.82) is 0 Å². The second kappa shape index (κ2) is 9.09. The lowest BCUT2D eigenvalue weighted by molar-refractivity contribution is -0.131. The molecule has 1 aromatic heterocycles. The van der Waals surface area contributed by atoms with Crippen LogP contribution in [0.15, 0.2) is 17.6 Å². The lowest BCUT2D eigenvalue weighted by Gasteiger charge is -2.37. The summed E-state index contributed by atoms with van der Waals surface area (Å²) in [4.78, 5) is 16.8. The highest BCUT2D eigenvalue weighted by Crippen LogP contribution is 2.36. The number of benzene rings is 1. The van der Waals surface area contributed by atoms with Gasteiger partial charge in [0.25, 0.3) is 6.43 Å². The molecular weight excluding hydrogens is 415 g/mol. The van der Waals surface area contributed by atoms with E-state index in [4.69, 9.17) is 4.74 Å². The van der Waals surface area contributed by atoms with E-state index in [0.29, 0.717) is 24.1 Å². The molecule has 0 spiro atoms. The molecule has 9 heteroatoms. The summed E-state index contributed by atoms with van der Waals surface area (Å²) in [5.74, 6) is -0.0168. The molecule has 0 bridgehead atoms. The number of fused-ring (bicyclic) bond motifs is 1. The third-order valence-corrected chi connectivity index (χ3v) is 6.85. The van der Waals surface area contributed by atoms with Crippen LogP contribution >= 0.6 is 11.3 Å². The molecule has 2 saturated carbocycles. The first-order chi connectivity index (χ1) is 14.4.